The number of allylic oxidation sites excluding steroid dienone is 1. The van der Waals surface area contributed by atoms with Crippen LogP contribution in [0, 0.1) is 11.7 Å². The summed E-state index contributed by atoms with van der Waals surface area (Å²) in [6, 6.07) is 9.23. The van der Waals surface area contributed by atoms with Crippen LogP contribution in [0.25, 0.3) is 33.0 Å². The first-order chi connectivity index (χ1) is 28.0. The molecule has 58 heavy (non-hydrogen) atoms. The van der Waals surface area contributed by atoms with Gasteiger partial charge in [-0.3, -0.25) is 19.1 Å². The molecule has 0 bridgehead atoms. The summed E-state index contributed by atoms with van der Waals surface area (Å²) in [6.45, 7) is -0.105. The van der Waals surface area contributed by atoms with Crippen LogP contribution < -0.4 is 20.1 Å². The van der Waals surface area contributed by atoms with E-state index in [1.54, 1.807) is 12.1 Å². The van der Waals surface area contributed by atoms with Crippen molar-refractivity contribution < 1.29 is 45.9 Å². The number of aromatic nitrogens is 1. The van der Waals surface area contributed by atoms with Crippen LogP contribution in [-0.2, 0) is 29.1 Å². The fourth-order valence-corrected chi connectivity index (χ4v) is 10.2. The van der Waals surface area contributed by atoms with Crippen molar-refractivity contribution in [2.45, 2.75) is 119 Å². The smallest absolute Gasteiger partial charge is 0.408 e. The summed E-state index contributed by atoms with van der Waals surface area (Å²) in [5.74, 6) is -2.81. The molecule has 9 rings (SSSR count). The Kier molecular flexibility index (Phi) is 10.0. The summed E-state index contributed by atoms with van der Waals surface area (Å²) >= 11 is 0. The van der Waals surface area contributed by atoms with E-state index >= 15 is 0 Å². The highest BCUT2D eigenvalue weighted by Gasteiger charge is 2.62. The van der Waals surface area contributed by atoms with Crippen LogP contribution >= 0.6 is 0 Å². The molecule has 2 aromatic heterocycles. The molecule has 5 atom stereocenters. The van der Waals surface area contributed by atoms with Crippen molar-refractivity contribution >= 4 is 66.8 Å². The average molecular weight is 816 g/mol. The number of amides is 4. The molecular formula is C42H46FN5O9S. The van der Waals surface area contributed by atoms with Crippen LogP contribution in [0.15, 0.2) is 59.0 Å². The molecule has 4 amide bonds. The number of hydrogen-bond acceptors (Lipinski definition) is 10. The normalized spacial score (nSPS) is 27.1. The summed E-state index contributed by atoms with van der Waals surface area (Å²) in [7, 11) is -3.93. The summed E-state index contributed by atoms with van der Waals surface area (Å²) in [5, 5.41) is 6.08. The third kappa shape index (κ3) is 7.46. The molecule has 4 fully saturated rings. The van der Waals surface area contributed by atoms with Crippen molar-refractivity contribution in [2.75, 3.05) is 6.54 Å². The zero-order valence-corrected chi connectivity index (χ0v) is 32.7. The minimum absolute atomic E-state index is 0.0454. The average Bonchev–Trinajstić information content (AvgIpc) is 4.01. The molecule has 1 saturated heterocycles. The van der Waals surface area contributed by atoms with Gasteiger partial charge in [0.1, 0.15) is 46.7 Å². The summed E-state index contributed by atoms with van der Waals surface area (Å²) < 4.78 is 61.5. The van der Waals surface area contributed by atoms with E-state index in [1.807, 2.05) is 30.4 Å². The number of benzene rings is 2. The maximum Gasteiger partial charge on any atom is 0.408 e. The molecule has 3 aliphatic carbocycles. The fourth-order valence-electron chi connectivity index (χ4n) is 8.79. The van der Waals surface area contributed by atoms with Crippen molar-refractivity contribution in [2.24, 2.45) is 5.92 Å². The van der Waals surface area contributed by atoms with E-state index in [0.29, 0.717) is 54.1 Å². The lowest BCUT2D eigenvalue weighted by Crippen LogP contribution is -2.58. The Balaban J connectivity index is 1.06. The molecule has 4 heterocycles. The topological polar surface area (TPSA) is 186 Å². The molecule has 4 aromatic rings. The second kappa shape index (κ2) is 15.2. The van der Waals surface area contributed by atoms with E-state index in [4.69, 9.17) is 18.9 Å². The lowest BCUT2D eigenvalue weighted by atomic mass is 10.0. The number of carbonyl (C=O) groups is 4. The van der Waals surface area contributed by atoms with Gasteiger partial charge in [0, 0.05) is 23.1 Å². The Morgan fingerprint density at radius 1 is 0.966 bits per heavy atom. The number of halogens is 1. The highest BCUT2D eigenvalue weighted by molar-refractivity contribution is 7.91. The van der Waals surface area contributed by atoms with E-state index in [-0.39, 0.29) is 36.8 Å². The Morgan fingerprint density at radius 2 is 1.76 bits per heavy atom. The van der Waals surface area contributed by atoms with Gasteiger partial charge in [0.25, 0.3) is 5.91 Å². The van der Waals surface area contributed by atoms with E-state index < -0.39 is 74.5 Å². The van der Waals surface area contributed by atoms with E-state index in [0.717, 1.165) is 43.9 Å². The van der Waals surface area contributed by atoms with Gasteiger partial charge in [0.05, 0.1) is 17.3 Å². The molecule has 0 radical (unpaired) electrons. The van der Waals surface area contributed by atoms with Crippen molar-refractivity contribution in [3.63, 3.8) is 0 Å². The number of nitrogens with zero attached hydrogens (tertiary/aromatic N) is 2. The molecule has 0 unspecified atom stereocenters. The highest BCUT2D eigenvalue weighted by Crippen LogP contribution is 2.46. The summed E-state index contributed by atoms with van der Waals surface area (Å²) in [5.41, 5.74) is 0.208. The minimum atomic E-state index is -3.93. The zero-order valence-electron chi connectivity index (χ0n) is 31.9. The van der Waals surface area contributed by atoms with Crippen LogP contribution in [0.5, 0.6) is 5.75 Å². The second-order valence-electron chi connectivity index (χ2n) is 16.4. The second-order valence-corrected chi connectivity index (χ2v) is 18.3. The van der Waals surface area contributed by atoms with Gasteiger partial charge in [-0.25, -0.2) is 22.6 Å². The van der Waals surface area contributed by atoms with Gasteiger partial charge >= 0.3 is 6.09 Å². The van der Waals surface area contributed by atoms with Crippen LogP contribution in [-0.4, -0.2) is 83.7 Å². The van der Waals surface area contributed by atoms with Gasteiger partial charge in [-0.15, -0.1) is 0 Å². The first-order valence-electron chi connectivity index (χ1n) is 20.4. The van der Waals surface area contributed by atoms with Gasteiger partial charge in [0.2, 0.25) is 21.8 Å². The molecule has 0 spiro atoms. The fraction of sp³-hybridized carbons (Fsp3) is 0.500. The number of rotatable bonds is 7. The first-order valence-corrected chi connectivity index (χ1v) is 21.9. The van der Waals surface area contributed by atoms with Crippen LogP contribution in [0.2, 0.25) is 0 Å². The van der Waals surface area contributed by atoms with Crippen molar-refractivity contribution in [1.82, 2.24) is 25.2 Å². The summed E-state index contributed by atoms with van der Waals surface area (Å²) in [4.78, 5) is 62.5. The lowest BCUT2D eigenvalue weighted by Gasteiger charge is -2.30. The Morgan fingerprint density at radius 3 is 2.57 bits per heavy atom. The maximum absolute atomic E-state index is 14.8. The van der Waals surface area contributed by atoms with Crippen molar-refractivity contribution in [1.29, 1.82) is 0 Å². The number of alkyl carbamates (subject to hydrolysis) is 1. The zero-order chi connectivity index (χ0) is 40.2. The Labute approximate surface area is 334 Å². The number of nitrogens with one attached hydrogen (secondary N) is 3. The van der Waals surface area contributed by atoms with Gasteiger partial charge < -0.3 is 29.4 Å². The monoisotopic (exact) mass is 815 g/mol. The van der Waals surface area contributed by atoms with Crippen LogP contribution in [0.1, 0.15) is 83.5 Å². The van der Waals surface area contributed by atoms with Crippen molar-refractivity contribution in [3.05, 3.63) is 60.4 Å². The van der Waals surface area contributed by atoms with Gasteiger partial charge in [-0.2, -0.15) is 0 Å². The van der Waals surface area contributed by atoms with E-state index in [9.17, 15) is 32.0 Å². The largest absolute Gasteiger partial charge is 0.484 e. The van der Waals surface area contributed by atoms with E-state index in [2.05, 4.69) is 15.4 Å². The minimum Gasteiger partial charge on any atom is -0.484 e. The molecule has 16 heteroatoms. The first kappa shape index (κ1) is 38.3. The Hall–Kier alpha value is -5.25. The number of pyridine rings is 1. The molecule has 306 valence electrons. The van der Waals surface area contributed by atoms with Gasteiger partial charge in [0.15, 0.2) is 11.3 Å². The van der Waals surface area contributed by atoms with Gasteiger partial charge in [-0.1, -0.05) is 37.1 Å². The lowest BCUT2D eigenvalue weighted by molar-refractivity contribution is -0.141. The van der Waals surface area contributed by atoms with Crippen LogP contribution in [0.4, 0.5) is 9.18 Å². The third-order valence-corrected chi connectivity index (χ3v) is 14.0. The Bertz CT molecular complexity index is 2440. The SMILES string of the molecule is O=C(N[C@H]1CCCCCC=C[C@@H]2C[C@@]2(C(=O)NS(=O)(=O)C2CC2)NC(=O)[C@@H]2C[C@@H](Oc3c4cc(F)ccc4nc4c3oc3ccccc34)CN2C1=O)OC1CCCC1. The molecular weight excluding hydrogens is 770 g/mol. The number of sulfonamides is 1. The molecule has 2 aromatic carbocycles. The summed E-state index contributed by atoms with van der Waals surface area (Å²) in [6.07, 6.45) is 9.54. The number of para-hydroxylation sites is 1. The number of ether oxygens (including phenoxy) is 2. The highest BCUT2D eigenvalue weighted by atomic mass is 32.2. The predicted octanol–water partition coefficient (Wildman–Crippen LogP) is 5.66. The number of carbonyl (C=O) groups excluding carboxylic acids is 4. The van der Waals surface area contributed by atoms with Crippen molar-refractivity contribution in [3.8, 4) is 5.75 Å². The maximum atomic E-state index is 14.8. The number of hydrogen-bond donors (Lipinski definition) is 3. The van der Waals surface area contributed by atoms with Crippen LogP contribution in [0.3, 0.4) is 0 Å². The number of furan rings is 1. The van der Waals surface area contributed by atoms with E-state index in [1.165, 1.54) is 17.0 Å². The number of fused-ring (bicyclic) bond motifs is 6. The van der Waals surface area contributed by atoms with Gasteiger partial charge in [-0.05, 0) is 94.5 Å². The quantitative estimate of drug-likeness (QED) is 0.197. The molecule has 3 N–H and O–H groups in total. The molecule has 5 aliphatic rings. The molecule has 14 nitrogen and oxygen atoms in total. The standard InChI is InChI=1S/C42H46FN5O9S/c43-25-16-19-31-30(20-25)36(37-35(44-31)29-13-8-9-15-34(29)57-37)55-27-21-33-38(49)46-42(40(51)47-58(53,54)28-17-18-28)22-24(42)10-4-2-1-3-5-14-32(39(50)48(33)23-27)45-41(52)56-26-11-6-7-12-26/h4,8-10,13,15-16,19-20,24,26-28,32-33H,1-3,5-7,11-12,14,17-18,21-23H2,(H,45,52)(H,46,49)(H,47,51)/t24-,27-,32+,33+,42-/m1/s1. The third-order valence-electron chi connectivity index (χ3n) is 12.2. The predicted molar refractivity (Wildman–Crippen MR) is 210 cm³/mol. The molecule has 3 saturated carbocycles. The molecule has 2 aliphatic heterocycles.